The maximum atomic E-state index is 13.1. The molecular formula is C33H38N2O9. The number of carbonyl (C=O) groups excluding carboxylic acids is 3. The van der Waals surface area contributed by atoms with Crippen LogP contribution in [0.25, 0.3) is 0 Å². The second-order valence-electron chi connectivity index (χ2n) is 13.0. The van der Waals surface area contributed by atoms with Gasteiger partial charge in [-0.3, -0.25) is 9.59 Å². The summed E-state index contributed by atoms with van der Waals surface area (Å²) >= 11 is 0. The van der Waals surface area contributed by atoms with E-state index in [0.717, 1.165) is 11.1 Å². The topological polar surface area (TPSA) is 144 Å². The van der Waals surface area contributed by atoms with Crippen LogP contribution in [0, 0.1) is 0 Å². The van der Waals surface area contributed by atoms with Crippen LogP contribution >= 0.6 is 0 Å². The standard InChI is InChI=1S/C33H38N2O9/c1-31(2,3)44-30(39)43-26(19-8-6-5-7-9-19)29(38)34-16-13-24(37)41-22-12-14-33(40)23-18-20-10-11-21(36)27-25(20)32(33,28(22)42-27)15-17-35(23)4/h5-12,23,26,28,36,40H,13-18H2,1-4H3,(H,34,38)/t23-,26+,28+,32+,33-/m1/s1. The molecular weight excluding hydrogens is 568 g/mol. The fraction of sp³-hybridized carbons (Fsp3) is 0.485. The maximum Gasteiger partial charge on any atom is 0.509 e. The number of piperidine rings is 1. The largest absolute Gasteiger partial charge is 0.509 e. The number of aromatic hydroxyl groups is 1. The first-order valence-corrected chi connectivity index (χ1v) is 14.9. The first-order chi connectivity index (χ1) is 20.8. The van der Waals surface area contributed by atoms with E-state index in [2.05, 4.69) is 10.2 Å². The average molecular weight is 607 g/mol. The summed E-state index contributed by atoms with van der Waals surface area (Å²) in [5.74, 6) is -0.614. The van der Waals surface area contributed by atoms with Crippen LogP contribution in [0.3, 0.4) is 0 Å². The van der Waals surface area contributed by atoms with Gasteiger partial charge in [0.15, 0.2) is 17.6 Å². The highest BCUT2D eigenvalue weighted by Gasteiger charge is 2.72. The summed E-state index contributed by atoms with van der Waals surface area (Å²) in [5.41, 5.74) is -0.577. The zero-order valence-electron chi connectivity index (χ0n) is 25.3. The van der Waals surface area contributed by atoms with Crippen LogP contribution in [0.5, 0.6) is 11.5 Å². The highest BCUT2D eigenvalue weighted by molar-refractivity contribution is 5.84. The fourth-order valence-corrected chi connectivity index (χ4v) is 7.27. The Bertz CT molecular complexity index is 1520. The number of phenols is 1. The third-order valence-corrected chi connectivity index (χ3v) is 9.16. The van der Waals surface area contributed by atoms with E-state index in [4.69, 9.17) is 18.9 Å². The van der Waals surface area contributed by atoms with E-state index >= 15 is 0 Å². The number of amides is 1. The molecule has 0 radical (unpaired) electrons. The first-order valence-electron chi connectivity index (χ1n) is 14.9. The Morgan fingerprint density at radius 2 is 1.91 bits per heavy atom. The molecule has 2 aromatic rings. The molecule has 0 aromatic heterocycles. The Hall–Kier alpha value is -4.09. The van der Waals surface area contributed by atoms with Crippen LogP contribution in [-0.2, 0) is 35.6 Å². The van der Waals surface area contributed by atoms with E-state index < -0.39 is 46.9 Å². The second kappa shape index (κ2) is 10.8. The lowest BCUT2D eigenvalue weighted by atomic mass is 9.50. The lowest BCUT2D eigenvalue weighted by molar-refractivity contribution is -0.169. The average Bonchev–Trinajstić information content (AvgIpc) is 3.32. The minimum atomic E-state index is -1.28. The Morgan fingerprint density at radius 3 is 2.64 bits per heavy atom. The highest BCUT2D eigenvalue weighted by Crippen LogP contribution is 2.65. The van der Waals surface area contributed by atoms with E-state index in [0.29, 0.717) is 30.7 Å². The quantitative estimate of drug-likeness (QED) is 0.401. The van der Waals surface area contributed by atoms with Crippen LogP contribution in [0.4, 0.5) is 4.79 Å². The van der Waals surface area contributed by atoms with Crippen molar-refractivity contribution in [1.29, 1.82) is 0 Å². The van der Waals surface area contributed by atoms with Gasteiger partial charge >= 0.3 is 12.1 Å². The Kier molecular flexibility index (Phi) is 7.36. The number of esters is 1. The van der Waals surface area contributed by atoms with Crippen LogP contribution in [0.1, 0.15) is 62.8 Å². The van der Waals surface area contributed by atoms with Crippen molar-refractivity contribution in [2.75, 3.05) is 20.1 Å². The smallest absolute Gasteiger partial charge is 0.504 e. The number of benzene rings is 2. The Balaban J connectivity index is 1.14. The zero-order valence-corrected chi connectivity index (χ0v) is 25.3. The molecule has 4 aliphatic rings. The SMILES string of the molecule is CN1CC[C@]23c4c5ccc(O)c4O[C@H]2C(OC(=O)CCNC(=O)[C@@H](OC(=O)OC(C)(C)C)c2ccccc2)=CC[C@@]3(O)[C@H]1C5. The third kappa shape index (κ3) is 4.88. The molecule has 5 atom stereocenters. The highest BCUT2D eigenvalue weighted by atomic mass is 16.7. The summed E-state index contributed by atoms with van der Waals surface area (Å²) in [6, 6.07) is 11.8. The molecule has 2 aliphatic heterocycles. The molecule has 44 heavy (non-hydrogen) atoms. The van der Waals surface area contributed by atoms with Gasteiger partial charge in [0.05, 0.1) is 17.4 Å². The minimum Gasteiger partial charge on any atom is -0.504 e. The number of likely N-dealkylation sites (tertiary alicyclic amines) is 1. The van der Waals surface area contributed by atoms with E-state index in [1.165, 1.54) is 0 Å². The number of phenolic OH excluding ortho intramolecular Hbond substituents is 1. The summed E-state index contributed by atoms with van der Waals surface area (Å²) in [7, 11) is 2.00. The van der Waals surface area contributed by atoms with Gasteiger partial charge < -0.3 is 39.4 Å². The number of nitrogens with zero attached hydrogens (tertiary/aromatic N) is 1. The summed E-state index contributed by atoms with van der Waals surface area (Å²) in [6.07, 6.45) is -0.0773. The number of hydrogen-bond donors (Lipinski definition) is 3. The van der Waals surface area contributed by atoms with Gasteiger partial charge in [0.1, 0.15) is 11.4 Å². The van der Waals surface area contributed by atoms with Gasteiger partial charge in [-0.25, -0.2) is 4.79 Å². The third-order valence-electron chi connectivity index (χ3n) is 9.16. The summed E-state index contributed by atoms with van der Waals surface area (Å²) in [6.45, 7) is 5.70. The molecule has 2 bridgehead atoms. The Labute approximate surface area is 255 Å². The van der Waals surface area contributed by atoms with Gasteiger partial charge in [-0.15, -0.1) is 0 Å². The van der Waals surface area contributed by atoms with Crippen molar-refractivity contribution in [3.63, 3.8) is 0 Å². The molecule has 11 nitrogen and oxygen atoms in total. The van der Waals surface area contributed by atoms with Crippen LogP contribution in [0.2, 0.25) is 0 Å². The fourth-order valence-electron chi connectivity index (χ4n) is 7.27. The van der Waals surface area contributed by atoms with E-state index in [1.807, 2.05) is 13.1 Å². The van der Waals surface area contributed by atoms with Crippen LogP contribution in [-0.4, -0.2) is 76.6 Å². The molecule has 1 saturated heterocycles. The van der Waals surface area contributed by atoms with E-state index in [9.17, 15) is 24.6 Å². The minimum absolute atomic E-state index is 0.0118. The number of nitrogens with one attached hydrogen (secondary N) is 1. The Morgan fingerprint density at radius 1 is 1.16 bits per heavy atom. The number of rotatable bonds is 7. The molecule has 1 spiro atoms. The van der Waals surface area contributed by atoms with Gasteiger partial charge in [0, 0.05) is 30.1 Å². The molecule has 2 heterocycles. The van der Waals surface area contributed by atoms with E-state index in [-0.39, 0.29) is 36.9 Å². The molecule has 0 saturated carbocycles. The first kappa shape index (κ1) is 30.0. The van der Waals surface area contributed by atoms with Crippen molar-refractivity contribution in [3.05, 3.63) is 71.0 Å². The van der Waals surface area contributed by atoms with E-state index in [1.54, 1.807) is 63.2 Å². The van der Waals surface area contributed by atoms with Crippen molar-refractivity contribution in [2.45, 2.75) is 81.3 Å². The van der Waals surface area contributed by atoms with Crippen molar-refractivity contribution >= 4 is 18.0 Å². The van der Waals surface area contributed by atoms with Gasteiger partial charge in [-0.1, -0.05) is 36.4 Å². The number of aliphatic hydroxyl groups is 1. The predicted molar refractivity (Wildman–Crippen MR) is 157 cm³/mol. The maximum absolute atomic E-state index is 13.1. The zero-order chi connectivity index (χ0) is 31.4. The van der Waals surface area contributed by atoms with Crippen molar-refractivity contribution in [3.8, 4) is 11.5 Å². The normalized spacial score (nSPS) is 27.2. The van der Waals surface area contributed by atoms with Gasteiger partial charge in [0.2, 0.25) is 6.10 Å². The molecule has 2 aromatic carbocycles. The van der Waals surface area contributed by atoms with Gasteiger partial charge in [-0.2, -0.15) is 0 Å². The predicted octanol–water partition coefficient (Wildman–Crippen LogP) is 3.41. The van der Waals surface area contributed by atoms with Crippen molar-refractivity contribution < 1.29 is 43.5 Å². The van der Waals surface area contributed by atoms with Gasteiger partial charge in [0.25, 0.3) is 5.91 Å². The summed E-state index contributed by atoms with van der Waals surface area (Å²) < 4.78 is 22.7. The molecule has 6 rings (SSSR count). The number of hydrogen-bond acceptors (Lipinski definition) is 10. The summed E-state index contributed by atoms with van der Waals surface area (Å²) in [4.78, 5) is 40.7. The molecule has 1 fully saturated rings. The number of likely N-dealkylation sites (N-methyl/N-ethyl adjacent to an activating group) is 1. The molecule has 234 valence electrons. The number of carbonyl (C=O) groups is 3. The van der Waals surface area contributed by atoms with Gasteiger partial charge in [-0.05, 0) is 64.9 Å². The van der Waals surface area contributed by atoms with Crippen molar-refractivity contribution in [1.82, 2.24) is 10.2 Å². The molecule has 2 aliphatic carbocycles. The second-order valence-corrected chi connectivity index (χ2v) is 13.0. The van der Waals surface area contributed by atoms with Crippen molar-refractivity contribution in [2.24, 2.45) is 0 Å². The van der Waals surface area contributed by atoms with Crippen LogP contribution in [0.15, 0.2) is 54.3 Å². The monoisotopic (exact) mass is 606 g/mol. The lowest BCUT2D eigenvalue weighted by Crippen LogP contribution is -2.74. The lowest BCUT2D eigenvalue weighted by Gasteiger charge is -2.61. The summed E-state index contributed by atoms with van der Waals surface area (Å²) in [5, 5.41) is 25.6. The molecule has 0 unspecified atom stereocenters. The van der Waals surface area contributed by atoms with Crippen LogP contribution < -0.4 is 10.1 Å². The molecule has 3 N–H and O–H groups in total. The number of ether oxygens (including phenoxy) is 4. The molecule has 11 heteroatoms. The molecule has 1 amide bonds.